The van der Waals surface area contributed by atoms with Crippen molar-refractivity contribution in [2.24, 2.45) is 0 Å². The molecule has 1 aromatic rings. The summed E-state index contributed by atoms with van der Waals surface area (Å²) in [6.07, 6.45) is 12.0. The maximum atomic E-state index is 4.56. The average molecular weight is 282 g/mol. The van der Waals surface area contributed by atoms with Gasteiger partial charge in [-0.25, -0.2) is 4.98 Å². The molecule has 2 fully saturated rings. The van der Waals surface area contributed by atoms with Crippen LogP contribution in [0.2, 0.25) is 0 Å². The van der Waals surface area contributed by atoms with Gasteiger partial charge >= 0.3 is 0 Å². The quantitative estimate of drug-likeness (QED) is 0.855. The zero-order chi connectivity index (χ0) is 12.2. The molecule has 0 amide bonds. The average Bonchev–Trinajstić information content (AvgIpc) is 3.14. The molecule has 2 saturated carbocycles. The summed E-state index contributed by atoms with van der Waals surface area (Å²) in [7, 11) is 0. The van der Waals surface area contributed by atoms with Crippen LogP contribution in [0, 0.1) is 0 Å². The van der Waals surface area contributed by atoms with E-state index in [4.69, 9.17) is 0 Å². The second-order valence-corrected chi connectivity index (χ2v) is 7.93. The lowest BCUT2D eigenvalue weighted by Crippen LogP contribution is -2.14. The van der Waals surface area contributed by atoms with Gasteiger partial charge in [-0.05, 0) is 25.7 Å². The van der Waals surface area contributed by atoms with E-state index >= 15 is 0 Å². The number of nitrogens with one attached hydrogen (secondary N) is 1. The fourth-order valence-corrected chi connectivity index (χ4v) is 4.68. The Balaban J connectivity index is 1.41. The van der Waals surface area contributed by atoms with Crippen LogP contribution in [-0.4, -0.2) is 16.3 Å². The molecule has 1 heterocycles. The van der Waals surface area contributed by atoms with E-state index in [2.05, 4.69) is 28.3 Å². The van der Waals surface area contributed by atoms with E-state index < -0.39 is 0 Å². The lowest BCUT2D eigenvalue weighted by molar-refractivity contribution is 0.516. The van der Waals surface area contributed by atoms with Crippen LogP contribution in [0.3, 0.4) is 0 Å². The van der Waals surface area contributed by atoms with Crippen LogP contribution < -0.4 is 5.32 Å². The molecule has 0 radical (unpaired) electrons. The van der Waals surface area contributed by atoms with E-state index in [1.165, 1.54) is 54.8 Å². The van der Waals surface area contributed by atoms with E-state index in [1.54, 1.807) is 0 Å². The molecule has 0 saturated heterocycles. The predicted molar refractivity (Wildman–Crippen MR) is 80.1 cm³/mol. The Bertz CT molecular complexity index is 368. The molecule has 0 unspecified atom stereocenters. The van der Waals surface area contributed by atoms with Crippen molar-refractivity contribution in [3.63, 3.8) is 0 Å². The fraction of sp³-hybridized carbons (Fsp3) is 0.786. The molecule has 0 aromatic carbocycles. The maximum Gasteiger partial charge on any atom is 0.103 e. The minimum Gasteiger partial charge on any atom is -0.309 e. The van der Waals surface area contributed by atoms with E-state index in [-0.39, 0.29) is 0 Å². The number of nitrogens with zero attached hydrogens (tertiary/aromatic N) is 1. The molecule has 3 rings (SSSR count). The molecule has 1 N–H and O–H groups in total. The Morgan fingerprint density at radius 1 is 1.22 bits per heavy atom. The summed E-state index contributed by atoms with van der Waals surface area (Å²) in [5.41, 5.74) is 0. The van der Waals surface area contributed by atoms with Crippen LogP contribution >= 0.6 is 23.1 Å². The van der Waals surface area contributed by atoms with Crippen molar-refractivity contribution in [1.29, 1.82) is 0 Å². The van der Waals surface area contributed by atoms with Gasteiger partial charge in [-0.2, -0.15) is 11.8 Å². The monoisotopic (exact) mass is 282 g/mol. The van der Waals surface area contributed by atoms with Gasteiger partial charge in [-0.15, -0.1) is 11.3 Å². The second-order valence-electron chi connectivity index (χ2n) is 5.45. The number of thiazole rings is 1. The molecular weight excluding hydrogens is 260 g/mol. The van der Waals surface area contributed by atoms with Gasteiger partial charge in [0.1, 0.15) is 5.01 Å². The summed E-state index contributed by atoms with van der Waals surface area (Å²) < 4.78 is 0. The Kier molecular flexibility index (Phi) is 4.60. The molecular formula is C14H22N2S2. The standard InChI is InChI=1S/C14H22N2S2/c1-2-4-12(5-3-1)17-10-14-16-9-13(18-14)8-15-11-6-7-11/h9,11-12,15H,1-8,10H2. The lowest BCUT2D eigenvalue weighted by Gasteiger charge is -2.20. The summed E-state index contributed by atoms with van der Waals surface area (Å²) >= 11 is 4.02. The highest BCUT2D eigenvalue weighted by molar-refractivity contribution is 7.99. The molecule has 2 aliphatic carbocycles. The van der Waals surface area contributed by atoms with Crippen LogP contribution in [0.5, 0.6) is 0 Å². The van der Waals surface area contributed by atoms with Gasteiger partial charge in [0.15, 0.2) is 0 Å². The zero-order valence-electron chi connectivity index (χ0n) is 10.9. The van der Waals surface area contributed by atoms with Crippen LogP contribution in [-0.2, 0) is 12.3 Å². The number of hydrogen-bond donors (Lipinski definition) is 1. The molecule has 2 aliphatic rings. The highest BCUT2D eigenvalue weighted by Gasteiger charge is 2.20. The van der Waals surface area contributed by atoms with Gasteiger partial charge in [-0.3, -0.25) is 0 Å². The zero-order valence-corrected chi connectivity index (χ0v) is 12.5. The van der Waals surface area contributed by atoms with E-state index in [0.717, 1.165) is 23.6 Å². The highest BCUT2D eigenvalue weighted by atomic mass is 32.2. The maximum absolute atomic E-state index is 4.56. The first-order valence-electron chi connectivity index (χ1n) is 7.19. The SMILES string of the molecule is c1nc(CSC2CCCCC2)sc1CNC1CC1. The third-order valence-corrected chi connectivity index (χ3v) is 6.30. The smallest absolute Gasteiger partial charge is 0.103 e. The van der Waals surface area contributed by atoms with Gasteiger partial charge in [0.05, 0.1) is 0 Å². The van der Waals surface area contributed by atoms with Crippen molar-refractivity contribution in [2.75, 3.05) is 0 Å². The molecule has 0 spiro atoms. The molecule has 0 aliphatic heterocycles. The van der Waals surface area contributed by atoms with E-state index in [1.807, 2.05) is 11.3 Å². The Morgan fingerprint density at radius 2 is 2.06 bits per heavy atom. The number of aromatic nitrogens is 1. The van der Waals surface area contributed by atoms with Gasteiger partial charge in [0, 0.05) is 34.7 Å². The van der Waals surface area contributed by atoms with Crippen molar-refractivity contribution >= 4 is 23.1 Å². The van der Waals surface area contributed by atoms with Gasteiger partial charge in [0.25, 0.3) is 0 Å². The highest BCUT2D eigenvalue weighted by Crippen LogP contribution is 2.31. The molecule has 0 atom stereocenters. The summed E-state index contributed by atoms with van der Waals surface area (Å²) in [6, 6.07) is 0.798. The number of rotatable bonds is 6. The lowest BCUT2D eigenvalue weighted by atomic mass is 10.0. The van der Waals surface area contributed by atoms with Crippen LogP contribution in [0.25, 0.3) is 0 Å². The first-order chi connectivity index (χ1) is 8.90. The second kappa shape index (κ2) is 6.40. The third kappa shape index (κ3) is 3.97. The van der Waals surface area contributed by atoms with Gasteiger partial charge < -0.3 is 5.32 Å². The minimum absolute atomic E-state index is 0.798. The largest absolute Gasteiger partial charge is 0.309 e. The van der Waals surface area contributed by atoms with Crippen LogP contribution in [0.15, 0.2) is 6.20 Å². The molecule has 100 valence electrons. The summed E-state index contributed by atoms with van der Waals surface area (Å²) in [5, 5.41) is 5.77. The molecule has 4 heteroatoms. The molecule has 0 bridgehead atoms. The van der Waals surface area contributed by atoms with Gasteiger partial charge in [0.2, 0.25) is 0 Å². The fourth-order valence-electron chi connectivity index (χ4n) is 2.45. The van der Waals surface area contributed by atoms with Crippen molar-refractivity contribution in [3.8, 4) is 0 Å². The Labute approximate surface area is 118 Å². The van der Waals surface area contributed by atoms with Crippen molar-refractivity contribution < 1.29 is 0 Å². The van der Waals surface area contributed by atoms with E-state index in [0.29, 0.717) is 0 Å². The third-order valence-electron chi connectivity index (χ3n) is 3.74. The van der Waals surface area contributed by atoms with Crippen LogP contribution in [0.1, 0.15) is 54.8 Å². The summed E-state index contributed by atoms with van der Waals surface area (Å²) in [4.78, 5) is 5.96. The number of thioether (sulfide) groups is 1. The Morgan fingerprint density at radius 3 is 2.83 bits per heavy atom. The molecule has 1 aromatic heterocycles. The summed E-state index contributed by atoms with van der Waals surface area (Å²) in [5.74, 6) is 1.12. The first-order valence-corrected chi connectivity index (χ1v) is 9.05. The minimum atomic E-state index is 0.798. The first kappa shape index (κ1) is 12.9. The van der Waals surface area contributed by atoms with Crippen molar-refractivity contribution in [1.82, 2.24) is 10.3 Å². The van der Waals surface area contributed by atoms with Crippen molar-refractivity contribution in [3.05, 3.63) is 16.1 Å². The van der Waals surface area contributed by atoms with Crippen molar-refractivity contribution in [2.45, 2.75) is 68.5 Å². The number of hydrogen-bond acceptors (Lipinski definition) is 4. The Hall–Kier alpha value is -0.0600. The van der Waals surface area contributed by atoms with Gasteiger partial charge in [-0.1, -0.05) is 19.3 Å². The normalized spacial score (nSPS) is 21.3. The predicted octanol–water partition coefficient (Wildman–Crippen LogP) is 3.96. The van der Waals surface area contributed by atoms with E-state index in [9.17, 15) is 0 Å². The molecule has 18 heavy (non-hydrogen) atoms. The topological polar surface area (TPSA) is 24.9 Å². The van der Waals surface area contributed by atoms with Crippen LogP contribution in [0.4, 0.5) is 0 Å². The molecule has 2 nitrogen and oxygen atoms in total. The summed E-state index contributed by atoms with van der Waals surface area (Å²) in [6.45, 7) is 1.02.